The molecular weight excluding hydrogens is 371 g/mol. The number of carbonyl (C=O) groups excluding carboxylic acids is 1. The van der Waals surface area contributed by atoms with Crippen LogP contribution in [-0.4, -0.2) is 35.0 Å². The van der Waals surface area contributed by atoms with Crippen LogP contribution in [0.25, 0.3) is 0 Å². The largest absolute Gasteiger partial charge is 0.392 e. The van der Waals surface area contributed by atoms with Crippen LogP contribution in [0.3, 0.4) is 0 Å². The topological polar surface area (TPSA) is 52.6 Å². The van der Waals surface area contributed by atoms with Gasteiger partial charge in [0.15, 0.2) is 0 Å². The van der Waals surface area contributed by atoms with Crippen LogP contribution >= 0.6 is 23.2 Å². The Morgan fingerprint density at radius 2 is 1.69 bits per heavy atom. The third kappa shape index (κ3) is 4.98. The average Bonchev–Trinajstić information content (AvgIpc) is 2.66. The highest BCUT2D eigenvalue weighted by atomic mass is 35.5. The predicted molar refractivity (Wildman–Crippen MR) is 105 cm³/mol. The van der Waals surface area contributed by atoms with E-state index in [0.29, 0.717) is 15.6 Å². The maximum absolute atomic E-state index is 12.3. The second-order valence-corrected chi connectivity index (χ2v) is 7.44. The van der Waals surface area contributed by atoms with Crippen LogP contribution in [-0.2, 0) is 13.2 Å². The molecule has 6 heteroatoms. The van der Waals surface area contributed by atoms with E-state index in [4.69, 9.17) is 28.3 Å². The van der Waals surface area contributed by atoms with Crippen molar-refractivity contribution in [2.45, 2.75) is 32.0 Å². The molecule has 0 aliphatic carbocycles. The van der Waals surface area contributed by atoms with Gasteiger partial charge in [-0.2, -0.15) is 0 Å². The molecule has 1 saturated heterocycles. The number of carbonyl (C=O) groups is 1. The van der Waals surface area contributed by atoms with Crippen LogP contribution in [0, 0.1) is 0 Å². The standard InChI is InChI=1S/C20H22Cl2N2O2/c21-18-6-3-15(11-19(18)22)12-24-9-7-17(8-10-24)23-20(26)16-4-1-14(13-25)2-5-16/h1-6,11,17,25H,7-10,12-13H2,(H,23,26). The molecule has 0 aromatic heterocycles. The molecule has 3 rings (SSSR count). The SMILES string of the molecule is O=C(NC1CCN(Cc2ccc(Cl)c(Cl)c2)CC1)c1ccc(CO)cc1. The van der Waals surface area contributed by atoms with E-state index in [9.17, 15) is 4.79 Å². The van der Waals surface area contributed by atoms with E-state index in [1.54, 1.807) is 24.3 Å². The number of piperidine rings is 1. The minimum atomic E-state index is -0.0579. The number of nitrogens with zero attached hydrogens (tertiary/aromatic N) is 1. The summed E-state index contributed by atoms with van der Waals surface area (Å²) in [6, 6.07) is 13.0. The van der Waals surface area contributed by atoms with Gasteiger partial charge in [-0.05, 0) is 48.2 Å². The molecule has 2 aromatic carbocycles. The summed E-state index contributed by atoms with van der Waals surface area (Å²) >= 11 is 12.0. The number of rotatable bonds is 5. The number of aliphatic hydroxyl groups is 1. The highest BCUT2D eigenvalue weighted by Crippen LogP contribution is 2.24. The molecule has 0 radical (unpaired) electrons. The Morgan fingerprint density at radius 3 is 2.31 bits per heavy atom. The lowest BCUT2D eigenvalue weighted by Crippen LogP contribution is -2.44. The Labute approximate surface area is 163 Å². The van der Waals surface area contributed by atoms with Crippen molar-refractivity contribution in [1.29, 1.82) is 0 Å². The summed E-state index contributed by atoms with van der Waals surface area (Å²) in [7, 11) is 0. The monoisotopic (exact) mass is 392 g/mol. The molecule has 0 saturated carbocycles. The maximum Gasteiger partial charge on any atom is 0.251 e. The van der Waals surface area contributed by atoms with Gasteiger partial charge in [0.05, 0.1) is 16.7 Å². The summed E-state index contributed by atoms with van der Waals surface area (Å²) < 4.78 is 0. The summed E-state index contributed by atoms with van der Waals surface area (Å²) in [4.78, 5) is 14.7. The van der Waals surface area contributed by atoms with E-state index in [-0.39, 0.29) is 18.6 Å². The van der Waals surface area contributed by atoms with Gasteiger partial charge in [0.1, 0.15) is 0 Å². The van der Waals surface area contributed by atoms with Gasteiger partial charge in [-0.25, -0.2) is 0 Å². The zero-order chi connectivity index (χ0) is 18.5. The zero-order valence-corrected chi connectivity index (χ0v) is 15.9. The number of nitrogens with one attached hydrogen (secondary N) is 1. The van der Waals surface area contributed by atoms with Crippen molar-refractivity contribution < 1.29 is 9.90 Å². The molecule has 1 fully saturated rings. The van der Waals surface area contributed by atoms with Gasteiger partial charge in [-0.15, -0.1) is 0 Å². The summed E-state index contributed by atoms with van der Waals surface area (Å²) in [6.45, 7) is 2.67. The number of amides is 1. The molecule has 1 amide bonds. The van der Waals surface area contributed by atoms with Crippen molar-refractivity contribution in [3.8, 4) is 0 Å². The Bertz CT molecular complexity index is 757. The molecule has 0 spiro atoms. The number of halogens is 2. The van der Waals surface area contributed by atoms with Gasteiger partial charge in [-0.3, -0.25) is 9.69 Å². The van der Waals surface area contributed by atoms with Gasteiger partial charge in [-0.1, -0.05) is 41.4 Å². The molecule has 4 nitrogen and oxygen atoms in total. The van der Waals surface area contributed by atoms with Gasteiger partial charge in [0.25, 0.3) is 5.91 Å². The van der Waals surface area contributed by atoms with Crippen LogP contribution in [0.4, 0.5) is 0 Å². The molecule has 0 bridgehead atoms. The highest BCUT2D eigenvalue weighted by molar-refractivity contribution is 6.42. The third-order valence-electron chi connectivity index (χ3n) is 4.71. The fraction of sp³-hybridized carbons (Fsp3) is 0.350. The predicted octanol–water partition coefficient (Wildman–Crippen LogP) is 3.88. The number of aliphatic hydroxyl groups excluding tert-OH is 1. The zero-order valence-electron chi connectivity index (χ0n) is 14.4. The van der Waals surface area contributed by atoms with Crippen LogP contribution in [0.2, 0.25) is 10.0 Å². The van der Waals surface area contributed by atoms with Gasteiger partial charge < -0.3 is 10.4 Å². The molecule has 2 N–H and O–H groups in total. The molecule has 138 valence electrons. The molecule has 0 atom stereocenters. The van der Waals surface area contributed by atoms with Crippen LogP contribution in [0.1, 0.15) is 34.3 Å². The van der Waals surface area contributed by atoms with Crippen LogP contribution in [0.5, 0.6) is 0 Å². The number of likely N-dealkylation sites (tertiary alicyclic amines) is 1. The summed E-state index contributed by atoms with van der Waals surface area (Å²) in [5.41, 5.74) is 2.57. The normalized spacial score (nSPS) is 15.8. The molecule has 2 aromatic rings. The fourth-order valence-electron chi connectivity index (χ4n) is 3.16. The van der Waals surface area contributed by atoms with Crippen LogP contribution < -0.4 is 5.32 Å². The first-order valence-electron chi connectivity index (χ1n) is 8.72. The smallest absolute Gasteiger partial charge is 0.251 e. The first kappa shape index (κ1) is 19.2. The summed E-state index contributed by atoms with van der Waals surface area (Å²) in [6.07, 6.45) is 1.84. The third-order valence-corrected chi connectivity index (χ3v) is 5.45. The highest BCUT2D eigenvalue weighted by Gasteiger charge is 2.21. The van der Waals surface area contributed by atoms with Crippen molar-refractivity contribution in [1.82, 2.24) is 10.2 Å². The number of hydrogen-bond acceptors (Lipinski definition) is 3. The molecule has 1 aliphatic rings. The molecule has 26 heavy (non-hydrogen) atoms. The summed E-state index contributed by atoms with van der Waals surface area (Å²) in [5.74, 6) is -0.0579. The van der Waals surface area contributed by atoms with Crippen LogP contribution in [0.15, 0.2) is 42.5 Å². The first-order valence-corrected chi connectivity index (χ1v) is 9.47. The maximum atomic E-state index is 12.3. The Kier molecular flexibility index (Phi) is 6.54. The lowest BCUT2D eigenvalue weighted by Gasteiger charge is -2.32. The Morgan fingerprint density at radius 1 is 1.04 bits per heavy atom. The van der Waals surface area contributed by atoms with E-state index in [0.717, 1.165) is 43.6 Å². The van der Waals surface area contributed by atoms with Crippen molar-refractivity contribution >= 4 is 29.1 Å². The van der Waals surface area contributed by atoms with Crippen molar-refractivity contribution in [2.75, 3.05) is 13.1 Å². The summed E-state index contributed by atoms with van der Waals surface area (Å²) in [5, 5.41) is 13.3. The quantitative estimate of drug-likeness (QED) is 0.811. The van der Waals surface area contributed by atoms with Gasteiger partial charge in [0.2, 0.25) is 0 Å². The van der Waals surface area contributed by atoms with Crippen molar-refractivity contribution in [3.63, 3.8) is 0 Å². The number of hydrogen-bond donors (Lipinski definition) is 2. The van der Waals surface area contributed by atoms with Gasteiger partial charge in [0, 0.05) is 31.2 Å². The molecule has 1 aliphatic heterocycles. The van der Waals surface area contributed by atoms with Crippen molar-refractivity contribution in [3.05, 3.63) is 69.2 Å². The lowest BCUT2D eigenvalue weighted by molar-refractivity contribution is 0.0909. The van der Waals surface area contributed by atoms with E-state index in [1.807, 2.05) is 18.2 Å². The first-order chi connectivity index (χ1) is 12.5. The van der Waals surface area contributed by atoms with E-state index in [1.165, 1.54) is 0 Å². The van der Waals surface area contributed by atoms with Gasteiger partial charge >= 0.3 is 0 Å². The second-order valence-electron chi connectivity index (χ2n) is 6.63. The average molecular weight is 393 g/mol. The molecule has 1 heterocycles. The van der Waals surface area contributed by atoms with Crippen molar-refractivity contribution in [2.24, 2.45) is 0 Å². The Hall–Kier alpha value is -1.59. The molecular formula is C20H22Cl2N2O2. The minimum absolute atomic E-state index is 0.0147. The minimum Gasteiger partial charge on any atom is -0.392 e. The second kappa shape index (κ2) is 8.87. The number of benzene rings is 2. The lowest BCUT2D eigenvalue weighted by atomic mass is 10.0. The fourth-order valence-corrected chi connectivity index (χ4v) is 3.48. The molecule has 0 unspecified atom stereocenters. The van der Waals surface area contributed by atoms with E-state index < -0.39 is 0 Å². The van der Waals surface area contributed by atoms with E-state index >= 15 is 0 Å². The Balaban J connectivity index is 1.48. The van der Waals surface area contributed by atoms with E-state index in [2.05, 4.69) is 10.2 Å².